The van der Waals surface area contributed by atoms with Gasteiger partial charge in [0.1, 0.15) is 0 Å². The minimum Gasteiger partial charge on any atom is -0.352 e. The van der Waals surface area contributed by atoms with E-state index in [1.807, 2.05) is 37.3 Å². The van der Waals surface area contributed by atoms with Crippen LogP contribution < -0.4 is 10.0 Å². The zero-order valence-electron chi connectivity index (χ0n) is 19.6. The molecule has 3 aromatic rings. The number of carbonyl (C=O) groups excluding carboxylic acids is 2. The van der Waals surface area contributed by atoms with Gasteiger partial charge in [0.15, 0.2) is 0 Å². The number of amides is 2. The molecule has 1 aliphatic heterocycles. The Kier molecular flexibility index (Phi) is 7.51. The fourth-order valence-electron chi connectivity index (χ4n) is 4.13. The Labute approximate surface area is 206 Å². The van der Waals surface area contributed by atoms with Crippen molar-refractivity contribution in [3.8, 4) is 0 Å². The molecule has 35 heavy (non-hydrogen) atoms. The Balaban J connectivity index is 1.40. The molecule has 1 unspecified atom stereocenters. The number of nitrogens with one attached hydrogen (secondary N) is 2. The standard InChI is InChI=1S/C27H29N3O4S/c1-20-12-14-25(15-13-20)35(33,34)29-24-11-5-9-22(17-24)27(32)30-16-6-10-23(19-30)26(31)28-18-21-7-3-2-4-8-21/h2-5,7-9,11-15,17,23,29H,6,10,16,18-19H2,1H3,(H,28,31). The van der Waals surface area contributed by atoms with Gasteiger partial charge < -0.3 is 10.2 Å². The van der Waals surface area contributed by atoms with Crippen LogP contribution in [0.15, 0.2) is 83.8 Å². The van der Waals surface area contributed by atoms with Gasteiger partial charge in [-0.05, 0) is 55.7 Å². The molecule has 182 valence electrons. The molecule has 4 rings (SSSR count). The van der Waals surface area contributed by atoms with Crippen molar-refractivity contribution in [2.75, 3.05) is 17.8 Å². The van der Waals surface area contributed by atoms with Crippen molar-refractivity contribution in [2.24, 2.45) is 5.92 Å². The molecule has 7 nitrogen and oxygen atoms in total. The van der Waals surface area contributed by atoms with Gasteiger partial charge in [-0.1, -0.05) is 54.1 Å². The van der Waals surface area contributed by atoms with E-state index >= 15 is 0 Å². The Morgan fingerprint density at radius 2 is 1.71 bits per heavy atom. The van der Waals surface area contributed by atoms with E-state index in [4.69, 9.17) is 0 Å². The van der Waals surface area contributed by atoms with E-state index < -0.39 is 10.0 Å². The predicted octanol–water partition coefficient (Wildman–Crippen LogP) is 3.96. The molecular formula is C27H29N3O4S. The normalized spacial score (nSPS) is 15.9. The maximum absolute atomic E-state index is 13.2. The molecule has 0 radical (unpaired) electrons. The minimum atomic E-state index is -3.77. The fourth-order valence-corrected chi connectivity index (χ4v) is 5.18. The lowest BCUT2D eigenvalue weighted by molar-refractivity contribution is -0.126. The molecule has 1 aliphatic rings. The van der Waals surface area contributed by atoms with E-state index in [1.165, 1.54) is 6.07 Å². The number of nitrogens with zero attached hydrogens (tertiary/aromatic N) is 1. The van der Waals surface area contributed by atoms with Crippen molar-refractivity contribution < 1.29 is 18.0 Å². The first-order chi connectivity index (χ1) is 16.8. The highest BCUT2D eigenvalue weighted by Gasteiger charge is 2.29. The lowest BCUT2D eigenvalue weighted by Crippen LogP contribution is -2.45. The van der Waals surface area contributed by atoms with Crippen molar-refractivity contribution in [1.29, 1.82) is 0 Å². The topological polar surface area (TPSA) is 95.6 Å². The number of aryl methyl sites for hydroxylation is 1. The van der Waals surface area contributed by atoms with E-state index in [1.54, 1.807) is 47.4 Å². The number of piperidine rings is 1. The second-order valence-corrected chi connectivity index (χ2v) is 10.5. The predicted molar refractivity (Wildman–Crippen MR) is 135 cm³/mol. The van der Waals surface area contributed by atoms with E-state index in [0.29, 0.717) is 30.9 Å². The van der Waals surface area contributed by atoms with Crippen LogP contribution in [0.2, 0.25) is 0 Å². The van der Waals surface area contributed by atoms with Crippen LogP contribution in [0.5, 0.6) is 0 Å². The number of likely N-dealkylation sites (tertiary alicyclic amines) is 1. The Morgan fingerprint density at radius 1 is 0.971 bits per heavy atom. The summed E-state index contributed by atoms with van der Waals surface area (Å²) in [6.45, 7) is 3.23. The van der Waals surface area contributed by atoms with E-state index in [2.05, 4.69) is 10.0 Å². The second kappa shape index (κ2) is 10.7. The third-order valence-corrected chi connectivity index (χ3v) is 7.48. The van der Waals surface area contributed by atoms with Gasteiger partial charge in [0.05, 0.1) is 10.8 Å². The third kappa shape index (κ3) is 6.27. The first-order valence-corrected chi connectivity index (χ1v) is 13.1. The van der Waals surface area contributed by atoms with E-state index in [-0.39, 0.29) is 22.6 Å². The van der Waals surface area contributed by atoms with Crippen LogP contribution in [0.3, 0.4) is 0 Å². The first-order valence-electron chi connectivity index (χ1n) is 11.6. The molecule has 0 aromatic heterocycles. The Bertz CT molecular complexity index is 1290. The van der Waals surface area contributed by atoms with Gasteiger partial charge in [-0.15, -0.1) is 0 Å². The summed E-state index contributed by atoms with van der Waals surface area (Å²) in [4.78, 5) is 27.7. The molecule has 2 amide bonds. The molecule has 0 bridgehead atoms. The van der Waals surface area contributed by atoms with Gasteiger partial charge in [-0.3, -0.25) is 14.3 Å². The average molecular weight is 492 g/mol. The van der Waals surface area contributed by atoms with Crippen molar-refractivity contribution in [1.82, 2.24) is 10.2 Å². The largest absolute Gasteiger partial charge is 0.352 e. The number of rotatable bonds is 7. The highest BCUT2D eigenvalue weighted by Crippen LogP contribution is 2.22. The number of sulfonamides is 1. The summed E-state index contributed by atoms with van der Waals surface area (Å²) in [7, 11) is -3.77. The number of hydrogen-bond donors (Lipinski definition) is 2. The summed E-state index contributed by atoms with van der Waals surface area (Å²) < 4.78 is 28.0. The van der Waals surface area contributed by atoms with Crippen molar-refractivity contribution in [3.63, 3.8) is 0 Å². The van der Waals surface area contributed by atoms with Gasteiger partial charge in [0, 0.05) is 30.9 Å². The molecule has 8 heteroatoms. The molecule has 1 heterocycles. The SMILES string of the molecule is Cc1ccc(S(=O)(=O)Nc2cccc(C(=O)N3CCCC(C(=O)NCc4ccccc4)C3)c2)cc1. The van der Waals surface area contributed by atoms with Crippen molar-refractivity contribution in [2.45, 2.75) is 31.2 Å². The van der Waals surface area contributed by atoms with Crippen LogP contribution in [-0.2, 0) is 21.4 Å². The summed E-state index contributed by atoms with van der Waals surface area (Å²) in [5.74, 6) is -0.562. The molecular weight excluding hydrogens is 462 g/mol. The summed E-state index contributed by atoms with van der Waals surface area (Å²) in [6, 6.07) is 22.7. The van der Waals surface area contributed by atoms with Gasteiger partial charge in [0.25, 0.3) is 15.9 Å². The molecule has 2 N–H and O–H groups in total. The molecule has 1 fully saturated rings. The van der Waals surface area contributed by atoms with Gasteiger partial charge in [-0.2, -0.15) is 0 Å². The zero-order chi connectivity index (χ0) is 24.8. The maximum atomic E-state index is 13.2. The second-order valence-electron chi connectivity index (χ2n) is 8.79. The lowest BCUT2D eigenvalue weighted by atomic mass is 9.96. The number of benzene rings is 3. The molecule has 1 atom stereocenters. The van der Waals surface area contributed by atoms with Gasteiger partial charge in [-0.25, -0.2) is 8.42 Å². The van der Waals surface area contributed by atoms with Crippen LogP contribution in [-0.4, -0.2) is 38.2 Å². The monoisotopic (exact) mass is 491 g/mol. The smallest absolute Gasteiger partial charge is 0.261 e. The molecule has 0 spiro atoms. The zero-order valence-corrected chi connectivity index (χ0v) is 20.4. The summed E-state index contributed by atoms with van der Waals surface area (Å²) in [5.41, 5.74) is 2.67. The third-order valence-electron chi connectivity index (χ3n) is 6.08. The van der Waals surface area contributed by atoms with Crippen LogP contribution in [0, 0.1) is 12.8 Å². The van der Waals surface area contributed by atoms with Gasteiger partial charge in [0.2, 0.25) is 5.91 Å². The van der Waals surface area contributed by atoms with Crippen LogP contribution in [0.4, 0.5) is 5.69 Å². The molecule has 3 aromatic carbocycles. The lowest BCUT2D eigenvalue weighted by Gasteiger charge is -2.32. The minimum absolute atomic E-state index is 0.0639. The number of anilines is 1. The van der Waals surface area contributed by atoms with Crippen molar-refractivity contribution >= 4 is 27.5 Å². The number of hydrogen-bond acceptors (Lipinski definition) is 4. The average Bonchev–Trinajstić information content (AvgIpc) is 2.87. The summed E-state index contributed by atoms with van der Waals surface area (Å²) in [5, 5.41) is 2.97. The summed E-state index contributed by atoms with van der Waals surface area (Å²) in [6.07, 6.45) is 1.45. The maximum Gasteiger partial charge on any atom is 0.261 e. The molecule has 0 saturated carbocycles. The van der Waals surface area contributed by atoms with Crippen LogP contribution in [0.1, 0.15) is 34.3 Å². The van der Waals surface area contributed by atoms with Crippen molar-refractivity contribution in [3.05, 3.63) is 95.6 Å². The summed E-state index contributed by atoms with van der Waals surface area (Å²) >= 11 is 0. The quantitative estimate of drug-likeness (QED) is 0.523. The molecule has 1 saturated heterocycles. The van der Waals surface area contributed by atoms with Gasteiger partial charge >= 0.3 is 0 Å². The van der Waals surface area contributed by atoms with E-state index in [0.717, 1.165) is 24.0 Å². The Hall–Kier alpha value is -3.65. The highest BCUT2D eigenvalue weighted by atomic mass is 32.2. The van der Waals surface area contributed by atoms with Crippen LogP contribution in [0.25, 0.3) is 0 Å². The molecule has 0 aliphatic carbocycles. The number of carbonyl (C=O) groups is 2. The fraction of sp³-hybridized carbons (Fsp3) is 0.259. The first kappa shape index (κ1) is 24.5. The van der Waals surface area contributed by atoms with E-state index in [9.17, 15) is 18.0 Å². The highest BCUT2D eigenvalue weighted by molar-refractivity contribution is 7.92. The Morgan fingerprint density at radius 3 is 2.46 bits per heavy atom. The van der Waals surface area contributed by atoms with Crippen LogP contribution >= 0.6 is 0 Å².